The number of H-pyrrole nitrogens is 2. The molecule has 1 aliphatic heterocycles. The van der Waals surface area contributed by atoms with Crippen LogP contribution in [0.5, 0.6) is 11.6 Å². The molecule has 3 aromatic carbocycles. The lowest BCUT2D eigenvalue weighted by Crippen LogP contribution is -2.15. The highest BCUT2D eigenvalue weighted by molar-refractivity contribution is 7.72. The second-order valence-corrected chi connectivity index (χ2v) is 7.61. The first-order valence-corrected chi connectivity index (χ1v) is 9.56. The Balaban J connectivity index is 1.90. The normalized spacial score (nSPS) is 15.1. The van der Waals surface area contributed by atoms with Gasteiger partial charge in [0.1, 0.15) is 10.4 Å². The Bertz CT molecular complexity index is 1300. The van der Waals surface area contributed by atoms with Crippen LogP contribution in [0.4, 0.5) is 0 Å². The summed E-state index contributed by atoms with van der Waals surface area (Å²) < 4.78 is 7.29. The highest BCUT2D eigenvalue weighted by Gasteiger charge is 2.32. The molecule has 0 saturated heterocycles. The molecule has 2 N–H and O–H groups in total. The van der Waals surface area contributed by atoms with Gasteiger partial charge in [-0.15, -0.1) is 0 Å². The van der Waals surface area contributed by atoms with Crippen molar-refractivity contribution in [3.05, 3.63) is 92.3 Å². The third kappa shape index (κ3) is 2.62. The zero-order chi connectivity index (χ0) is 18.5. The summed E-state index contributed by atoms with van der Waals surface area (Å²) in [5.74, 6) is 1.42. The van der Waals surface area contributed by atoms with Gasteiger partial charge < -0.3 is 14.7 Å². The van der Waals surface area contributed by atoms with E-state index in [0.29, 0.717) is 15.3 Å². The number of benzene rings is 3. The molecular weight excluding hydrogens is 372 g/mol. The fraction of sp³-hybridized carbons (Fsp3) is 0.0909. The Morgan fingerprint density at radius 1 is 0.852 bits per heavy atom. The molecule has 1 aromatic heterocycles. The van der Waals surface area contributed by atoms with Gasteiger partial charge in [-0.3, -0.25) is 0 Å². The first-order valence-electron chi connectivity index (χ1n) is 8.74. The summed E-state index contributed by atoms with van der Waals surface area (Å²) in [4.78, 5) is 6.22. The van der Waals surface area contributed by atoms with Gasteiger partial charge in [0, 0.05) is 11.5 Å². The van der Waals surface area contributed by atoms with Crippen LogP contribution in [0.3, 0.4) is 0 Å². The molecule has 27 heavy (non-hydrogen) atoms. The van der Waals surface area contributed by atoms with Crippen LogP contribution < -0.4 is 4.74 Å². The van der Waals surface area contributed by atoms with Gasteiger partial charge in [-0.2, -0.15) is 0 Å². The predicted molar refractivity (Wildman–Crippen MR) is 113 cm³/mol. The number of nitrogens with one attached hydrogen (secondary N) is 2. The average molecular weight is 389 g/mol. The van der Waals surface area contributed by atoms with E-state index in [1.807, 2.05) is 6.07 Å². The van der Waals surface area contributed by atoms with Crippen molar-refractivity contribution in [2.24, 2.45) is 0 Å². The summed E-state index contributed by atoms with van der Waals surface area (Å²) in [6, 6.07) is 21.1. The number of hydrogen-bond acceptors (Lipinski definition) is 3. The lowest BCUT2D eigenvalue weighted by molar-refractivity contribution is 0.432. The largest absolute Gasteiger partial charge is 0.440 e. The van der Waals surface area contributed by atoms with Crippen molar-refractivity contribution in [3.63, 3.8) is 0 Å². The van der Waals surface area contributed by atoms with Gasteiger partial charge in [0.2, 0.25) is 5.88 Å². The molecule has 0 amide bonds. The van der Waals surface area contributed by atoms with E-state index in [1.54, 1.807) is 0 Å². The van der Waals surface area contributed by atoms with Crippen LogP contribution in [-0.2, 0) is 0 Å². The number of aromatic amines is 2. The minimum absolute atomic E-state index is 0.0361. The van der Waals surface area contributed by atoms with E-state index in [1.165, 1.54) is 21.9 Å². The smallest absolute Gasteiger partial charge is 0.206 e. The van der Waals surface area contributed by atoms with Crippen LogP contribution in [-0.4, -0.2) is 9.97 Å². The van der Waals surface area contributed by atoms with E-state index < -0.39 is 0 Å². The van der Waals surface area contributed by atoms with Crippen LogP contribution in [0.15, 0.2) is 60.7 Å². The first-order chi connectivity index (χ1) is 13.1. The molecule has 3 nitrogen and oxygen atoms in total. The van der Waals surface area contributed by atoms with Crippen molar-refractivity contribution < 1.29 is 4.74 Å². The van der Waals surface area contributed by atoms with Gasteiger partial charge >= 0.3 is 0 Å². The number of aryl methyl sites for hydroxylation is 1. The molecule has 132 valence electrons. The second kappa shape index (κ2) is 6.15. The summed E-state index contributed by atoms with van der Waals surface area (Å²) >= 11 is 10.9. The summed E-state index contributed by atoms with van der Waals surface area (Å²) in [5, 5.41) is 2.35. The molecule has 0 radical (unpaired) electrons. The SMILES string of the molecule is Cc1ccc(C2c3c([nH]c(=S)[nH]c3=S)Oc3ccc4ccccc4c32)cc1. The summed E-state index contributed by atoms with van der Waals surface area (Å²) in [6.45, 7) is 2.09. The molecule has 1 aliphatic rings. The van der Waals surface area contributed by atoms with Crippen molar-refractivity contribution >= 4 is 35.2 Å². The lowest BCUT2D eigenvalue weighted by atomic mass is 9.81. The van der Waals surface area contributed by atoms with Gasteiger partial charge in [-0.1, -0.05) is 72.4 Å². The Hall–Kier alpha value is -2.76. The van der Waals surface area contributed by atoms with Crippen LogP contribution in [0.2, 0.25) is 0 Å². The minimum atomic E-state index is -0.0361. The molecular formula is C22H16N2OS2. The quantitative estimate of drug-likeness (QED) is 0.320. The topological polar surface area (TPSA) is 40.8 Å². The zero-order valence-corrected chi connectivity index (χ0v) is 16.2. The maximum Gasteiger partial charge on any atom is 0.206 e. The van der Waals surface area contributed by atoms with Gasteiger partial charge in [0.25, 0.3) is 0 Å². The third-order valence-corrected chi connectivity index (χ3v) is 5.60. The standard InChI is InChI=1S/C22H16N2OS2/c1-12-6-8-14(9-7-12)17-18-15-5-3-2-4-13(15)10-11-16(18)25-20-19(17)21(26)24-22(27)23-20/h2-11,17H,1H3,(H2,23,24,26,27). The fourth-order valence-electron chi connectivity index (χ4n) is 3.83. The van der Waals surface area contributed by atoms with Crippen LogP contribution in [0.25, 0.3) is 10.8 Å². The Morgan fingerprint density at radius 3 is 2.44 bits per heavy atom. The first kappa shape index (κ1) is 16.4. The number of ether oxygens (including phenoxy) is 1. The molecule has 4 aromatic rings. The highest BCUT2D eigenvalue weighted by Crippen LogP contribution is 2.49. The maximum absolute atomic E-state index is 6.21. The predicted octanol–water partition coefficient (Wildman–Crippen LogP) is 6.55. The molecule has 5 rings (SSSR count). The highest BCUT2D eigenvalue weighted by atomic mass is 32.1. The molecule has 1 atom stereocenters. The molecule has 5 heteroatoms. The Labute approximate surface area is 166 Å². The zero-order valence-electron chi connectivity index (χ0n) is 14.6. The second-order valence-electron chi connectivity index (χ2n) is 6.80. The van der Waals surface area contributed by atoms with E-state index in [9.17, 15) is 0 Å². The maximum atomic E-state index is 6.21. The van der Waals surface area contributed by atoms with Crippen LogP contribution in [0, 0.1) is 16.3 Å². The van der Waals surface area contributed by atoms with E-state index in [-0.39, 0.29) is 5.92 Å². The van der Waals surface area contributed by atoms with Gasteiger partial charge in [-0.05, 0) is 41.5 Å². The molecule has 0 aliphatic carbocycles. The van der Waals surface area contributed by atoms with Crippen LogP contribution >= 0.6 is 24.4 Å². The molecule has 2 heterocycles. The molecule has 0 saturated carbocycles. The van der Waals surface area contributed by atoms with Crippen LogP contribution in [0.1, 0.15) is 28.2 Å². The number of hydrogen-bond donors (Lipinski definition) is 2. The van der Waals surface area contributed by atoms with Crippen molar-refractivity contribution in [2.45, 2.75) is 12.8 Å². The minimum Gasteiger partial charge on any atom is -0.440 e. The van der Waals surface area contributed by atoms with E-state index in [2.05, 4.69) is 71.5 Å². The van der Waals surface area contributed by atoms with Gasteiger partial charge in [0.15, 0.2) is 4.77 Å². The van der Waals surface area contributed by atoms with Crippen molar-refractivity contribution in [1.29, 1.82) is 0 Å². The van der Waals surface area contributed by atoms with E-state index in [4.69, 9.17) is 29.2 Å². The van der Waals surface area contributed by atoms with Gasteiger partial charge in [-0.25, -0.2) is 0 Å². The molecule has 1 unspecified atom stereocenters. The fourth-order valence-corrected chi connectivity index (χ4v) is 4.40. The summed E-state index contributed by atoms with van der Waals surface area (Å²) in [7, 11) is 0. The Morgan fingerprint density at radius 2 is 1.63 bits per heavy atom. The third-order valence-electron chi connectivity index (χ3n) is 5.07. The summed E-state index contributed by atoms with van der Waals surface area (Å²) in [5.41, 5.74) is 4.45. The van der Waals surface area contributed by atoms with Crippen molar-refractivity contribution in [2.75, 3.05) is 0 Å². The van der Waals surface area contributed by atoms with Crippen molar-refractivity contribution in [3.8, 4) is 11.6 Å². The number of aromatic nitrogens is 2. The summed E-state index contributed by atoms with van der Waals surface area (Å²) in [6.07, 6.45) is 0. The monoisotopic (exact) mass is 388 g/mol. The number of rotatable bonds is 1. The molecule has 0 spiro atoms. The Kier molecular flexibility index (Phi) is 3.74. The van der Waals surface area contributed by atoms with Crippen molar-refractivity contribution in [1.82, 2.24) is 9.97 Å². The average Bonchev–Trinajstić information content (AvgIpc) is 2.66. The lowest BCUT2D eigenvalue weighted by Gasteiger charge is -2.29. The van der Waals surface area contributed by atoms with Gasteiger partial charge in [0.05, 0.1) is 5.56 Å². The van der Waals surface area contributed by atoms with E-state index >= 15 is 0 Å². The van der Waals surface area contributed by atoms with E-state index in [0.717, 1.165) is 16.9 Å². The number of fused-ring (bicyclic) bond motifs is 4. The molecule has 0 fully saturated rings. The molecule has 0 bridgehead atoms.